The molecule has 0 saturated heterocycles. The second-order valence-electron chi connectivity index (χ2n) is 13.3. The molecule has 8 nitrogen and oxygen atoms in total. The van der Waals surface area contributed by atoms with Crippen LogP contribution in [0, 0.1) is 0 Å². The predicted octanol–water partition coefficient (Wildman–Crippen LogP) is 6.74. The van der Waals surface area contributed by atoms with Gasteiger partial charge in [0.25, 0.3) is 23.6 Å². The van der Waals surface area contributed by atoms with Gasteiger partial charge in [0.2, 0.25) is 9.84 Å². The number of nitrogens with zero attached hydrogens (tertiary/aromatic N) is 2. The van der Waals surface area contributed by atoms with Gasteiger partial charge in [-0.3, -0.25) is 19.2 Å². The van der Waals surface area contributed by atoms with E-state index in [-0.39, 0.29) is 43.4 Å². The van der Waals surface area contributed by atoms with E-state index in [4.69, 9.17) is 0 Å². The molecule has 0 N–H and O–H groups in total. The average molecular weight is 770 g/mol. The van der Waals surface area contributed by atoms with E-state index in [1.54, 1.807) is 30.3 Å². The van der Waals surface area contributed by atoms with Crippen LogP contribution in [0.2, 0.25) is 0 Å². The molecule has 0 unspecified atom stereocenters. The lowest BCUT2D eigenvalue weighted by Gasteiger charge is -2.27. The molecule has 0 radical (unpaired) electrons. The number of sulfone groups is 1. The Morgan fingerprint density at radius 2 is 0.679 bits per heavy atom. The SMILES string of the molecule is O=C1c2ccccc2C(=O)N1c1ccc(S(=O)(=O)c2ccc(N3C(=O)c4ccc([P+](c5ccccc5)(c5ccccc5)c5ccccc5)cc4C3=O)cc2)cc1. The van der Waals surface area contributed by atoms with Gasteiger partial charge >= 0.3 is 0 Å². The Hall–Kier alpha value is -6.80. The number of rotatable bonds is 8. The molecule has 0 atom stereocenters. The molecule has 2 aliphatic rings. The van der Waals surface area contributed by atoms with Gasteiger partial charge in [0.05, 0.1) is 43.4 Å². The summed E-state index contributed by atoms with van der Waals surface area (Å²) < 4.78 is 27.4. The van der Waals surface area contributed by atoms with E-state index < -0.39 is 40.7 Å². The number of benzene rings is 7. The first kappa shape index (κ1) is 34.9. The third-order valence-corrected chi connectivity index (χ3v) is 16.3. The fourth-order valence-corrected chi connectivity index (χ4v) is 13.2. The fourth-order valence-electron chi connectivity index (χ4n) is 7.63. The van der Waals surface area contributed by atoms with Gasteiger partial charge in [0.1, 0.15) is 28.5 Å². The highest BCUT2D eigenvalue weighted by Crippen LogP contribution is 2.54. The van der Waals surface area contributed by atoms with Crippen LogP contribution in [0.3, 0.4) is 0 Å². The molecule has 0 aromatic heterocycles. The van der Waals surface area contributed by atoms with Gasteiger partial charge in [-0.15, -0.1) is 0 Å². The molecule has 2 heterocycles. The first-order chi connectivity index (χ1) is 27.2. The topological polar surface area (TPSA) is 109 Å². The van der Waals surface area contributed by atoms with E-state index in [1.165, 1.54) is 48.5 Å². The lowest BCUT2D eigenvalue weighted by Crippen LogP contribution is -2.38. The Morgan fingerprint density at radius 1 is 0.339 bits per heavy atom. The summed E-state index contributed by atoms with van der Waals surface area (Å²) in [6.07, 6.45) is 0. The highest BCUT2D eigenvalue weighted by Gasteiger charge is 2.49. The van der Waals surface area contributed by atoms with E-state index in [0.29, 0.717) is 0 Å². The number of carbonyl (C=O) groups is 4. The van der Waals surface area contributed by atoms with Crippen LogP contribution in [0.25, 0.3) is 0 Å². The van der Waals surface area contributed by atoms with Crippen molar-refractivity contribution in [3.05, 3.63) is 204 Å². The van der Waals surface area contributed by atoms with Crippen LogP contribution in [-0.4, -0.2) is 32.0 Å². The van der Waals surface area contributed by atoms with Crippen molar-refractivity contribution in [2.24, 2.45) is 0 Å². The Labute approximate surface area is 323 Å². The summed E-state index contributed by atoms with van der Waals surface area (Å²) >= 11 is 0. The number of hydrogen-bond donors (Lipinski definition) is 0. The monoisotopic (exact) mass is 769 g/mol. The first-order valence-electron chi connectivity index (χ1n) is 17.7. The number of anilines is 2. The minimum absolute atomic E-state index is 0.0547. The van der Waals surface area contributed by atoms with Gasteiger partial charge in [0.15, 0.2) is 0 Å². The van der Waals surface area contributed by atoms with E-state index in [9.17, 15) is 27.6 Å². The Morgan fingerprint density at radius 3 is 1.07 bits per heavy atom. The maximum Gasteiger partial charge on any atom is 0.266 e. The van der Waals surface area contributed by atoms with Crippen molar-refractivity contribution >= 4 is 73.3 Å². The summed E-state index contributed by atoms with van der Waals surface area (Å²) in [7, 11) is -6.60. The smallest absolute Gasteiger partial charge is 0.266 e. The number of amides is 4. The van der Waals surface area contributed by atoms with Crippen LogP contribution in [0.4, 0.5) is 11.4 Å². The number of hydrogen-bond acceptors (Lipinski definition) is 6. The summed E-state index contributed by atoms with van der Waals surface area (Å²) in [6.45, 7) is 0. The molecule has 0 spiro atoms. The van der Waals surface area contributed by atoms with Crippen LogP contribution in [0.5, 0.6) is 0 Å². The summed E-state index contributed by atoms with van der Waals surface area (Å²) in [5, 5.41) is 4.21. The zero-order valence-corrected chi connectivity index (χ0v) is 31.2. The van der Waals surface area contributed by atoms with Gasteiger partial charge < -0.3 is 0 Å². The van der Waals surface area contributed by atoms with Crippen LogP contribution >= 0.6 is 7.26 Å². The molecule has 0 saturated carbocycles. The fraction of sp³-hybridized carbons (Fsp3) is 0. The van der Waals surface area contributed by atoms with Crippen molar-refractivity contribution < 1.29 is 27.6 Å². The normalized spacial score (nSPS) is 13.9. The molecule has 4 amide bonds. The molecule has 0 fully saturated rings. The molecule has 7 aromatic rings. The van der Waals surface area contributed by atoms with Gasteiger partial charge in [-0.05, 0) is 115 Å². The van der Waals surface area contributed by atoms with E-state index in [2.05, 4.69) is 36.4 Å². The third-order valence-electron chi connectivity index (χ3n) is 10.3. The minimum atomic E-state index is -4.06. The maximum atomic E-state index is 14.2. The second kappa shape index (κ2) is 13.5. The molecule has 56 heavy (non-hydrogen) atoms. The maximum absolute atomic E-state index is 14.2. The minimum Gasteiger partial charge on any atom is -0.268 e. The largest absolute Gasteiger partial charge is 0.268 e. The van der Waals surface area contributed by atoms with Crippen molar-refractivity contribution in [1.82, 2.24) is 0 Å². The predicted molar refractivity (Wildman–Crippen MR) is 218 cm³/mol. The highest BCUT2D eigenvalue weighted by atomic mass is 32.2. The Bertz CT molecular complexity index is 2700. The number of imide groups is 2. The van der Waals surface area contributed by atoms with Crippen molar-refractivity contribution in [2.75, 3.05) is 9.80 Å². The van der Waals surface area contributed by atoms with Crippen molar-refractivity contribution in [3.63, 3.8) is 0 Å². The molecule has 2 aliphatic heterocycles. The number of fused-ring (bicyclic) bond motifs is 2. The van der Waals surface area contributed by atoms with E-state index in [0.717, 1.165) is 31.0 Å². The Kier molecular flexibility index (Phi) is 8.42. The van der Waals surface area contributed by atoms with Crippen LogP contribution in [-0.2, 0) is 9.84 Å². The molecule has 9 rings (SSSR count). The lowest BCUT2D eigenvalue weighted by molar-refractivity contribution is 0.0910. The standard InChI is InChI=1S/C46H30N2O6PS/c49-43-39-18-10-11-19-40(39)44(50)47(43)31-20-25-37(26-21-31)56(53,54)38-27-22-32(23-28-38)48-45(51)41-29-24-36(30-42(41)46(48)52)55(33-12-4-1-5-13-33,34-14-6-2-7-15-34)35-16-8-3-9-17-35/h1-30H/q+1. The zero-order chi connectivity index (χ0) is 38.6. The number of carbonyl (C=O) groups excluding carboxylic acids is 4. The van der Waals surface area contributed by atoms with Gasteiger partial charge in [-0.1, -0.05) is 66.7 Å². The van der Waals surface area contributed by atoms with Gasteiger partial charge in [-0.2, -0.15) is 0 Å². The van der Waals surface area contributed by atoms with E-state index >= 15 is 0 Å². The van der Waals surface area contributed by atoms with Crippen LogP contribution < -0.4 is 31.0 Å². The van der Waals surface area contributed by atoms with Crippen molar-refractivity contribution in [2.45, 2.75) is 9.79 Å². The van der Waals surface area contributed by atoms with Crippen molar-refractivity contribution in [1.29, 1.82) is 0 Å². The van der Waals surface area contributed by atoms with Crippen LogP contribution in [0.1, 0.15) is 41.4 Å². The van der Waals surface area contributed by atoms with Gasteiger partial charge in [-0.25, -0.2) is 18.2 Å². The van der Waals surface area contributed by atoms with E-state index in [1.807, 2.05) is 66.7 Å². The van der Waals surface area contributed by atoms with Crippen LogP contribution in [0.15, 0.2) is 192 Å². The summed E-state index contributed by atoms with van der Waals surface area (Å²) in [5.41, 5.74) is 1.58. The molecule has 7 aromatic carbocycles. The molecular weight excluding hydrogens is 740 g/mol. The third kappa shape index (κ3) is 5.35. The molecule has 0 aliphatic carbocycles. The lowest BCUT2D eigenvalue weighted by atomic mass is 10.1. The molecular formula is C46H30N2O6PS+. The molecule has 10 heteroatoms. The quantitative estimate of drug-likeness (QED) is 0.125. The summed E-state index contributed by atoms with van der Waals surface area (Å²) in [5.74, 6) is -1.96. The zero-order valence-electron chi connectivity index (χ0n) is 29.5. The Balaban J connectivity index is 1.03. The summed E-state index contributed by atoms with van der Waals surface area (Å²) in [6, 6.07) is 53.8. The van der Waals surface area contributed by atoms with Crippen molar-refractivity contribution in [3.8, 4) is 0 Å². The first-order valence-corrected chi connectivity index (χ1v) is 21.0. The average Bonchev–Trinajstić information content (AvgIpc) is 3.65. The molecule has 270 valence electrons. The second-order valence-corrected chi connectivity index (χ2v) is 18.7. The van der Waals surface area contributed by atoms with Gasteiger partial charge in [0, 0.05) is 0 Å². The molecule has 0 bridgehead atoms. The highest BCUT2D eigenvalue weighted by molar-refractivity contribution is 8.01. The summed E-state index contributed by atoms with van der Waals surface area (Å²) in [4.78, 5) is 56.0.